The van der Waals surface area contributed by atoms with Gasteiger partial charge in [-0.05, 0) is 31.9 Å². The lowest BCUT2D eigenvalue weighted by Gasteiger charge is -2.16. The number of aryl methyl sites for hydroxylation is 1. The maximum atomic E-state index is 9.87. The maximum absolute atomic E-state index is 9.87. The van der Waals surface area contributed by atoms with E-state index in [4.69, 9.17) is 0 Å². The number of nitrogens with zero attached hydrogens (tertiary/aromatic N) is 3. The molecule has 2 heterocycles. The third-order valence-corrected chi connectivity index (χ3v) is 3.93. The van der Waals surface area contributed by atoms with Crippen LogP contribution in [-0.4, -0.2) is 32.7 Å². The first kappa shape index (κ1) is 13.9. The Kier molecular flexibility index (Phi) is 4.10. The highest BCUT2D eigenvalue weighted by Gasteiger charge is 2.24. The highest BCUT2D eigenvalue weighted by Crippen LogP contribution is 2.26. The van der Waals surface area contributed by atoms with Crippen LogP contribution in [0.4, 0.5) is 5.82 Å². The van der Waals surface area contributed by atoms with Crippen molar-refractivity contribution in [2.45, 2.75) is 32.3 Å². The van der Waals surface area contributed by atoms with Gasteiger partial charge in [0.25, 0.3) is 0 Å². The van der Waals surface area contributed by atoms with E-state index in [2.05, 4.69) is 20.3 Å². The zero-order chi connectivity index (χ0) is 14.7. The molecule has 1 saturated carbocycles. The van der Waals surface area contributed by atoms with E-state index in [9.17, 15) is 5.11 Å². The number of aromatic nitrogens is 3. The number of pyridine rings is 1. The number of aliphatic hydroxyl groups excluding tert-OH is 1. The standard InChI is InChI=1S/C16H20N4O/c1-11-19-14(13-6-2-3-8-17-13)9-16(20-11)18-10-12-5-4-7-15(12)21/h2-3,6,8-9,12,15,21H,4-5,7,10H2,1H3,(H,18,19,20)/t12-,15-/m0/s1. The van der Waals surface area contributed by atoms with Crippen molar-refractivity contribution in [2.75, 3.05) is 11.9 Å². The maximum Gasteiger partial charge on any atom is 0.130 e. The van der Waals surface area contributed by atoms with E-state index in [1.165, 1.54) is 0 Å². The molecule has 5 heteroatoms. The Labute approximate surface area is 124 Å². The molecule has 2 N–H and O–H groups in total. The van der Waals surface area contributed by atoms with Crippen molar-refractivity contribution in [1.82, 2.24) is 15.0 Å². The summed E-state index contributed by atoms with van der Waals surface area (Å²) in [6.45, 7) is 2.63. The second-order valence-corrected chi connectivity index (χ2v) is 5.54. The van der Waals surface area contributed by atoms with Crippen LogP contribution in [0.5, 0.6) is 0 Å². The number of hydrogen-bond donors (Lipinski definition) is 2. The molecule has 5 nitrogen and oxygen atoms in total. The first-order valence-corrected chi connectivity index (χ1v) is 7.41. The molecule has 0 amide bonds. The average molecular weight is 284 g/mol. The van der Waals surface area contributed by atoms with Gasteiger partial charge in [-0.2, -0.15) is 0 Å². The molecule has 1 aliphatic carbocycles. The van der Waals surface area contributed by atoms with Gasteiger partial charge in [-0.1, -0.05) is 12.5 Å². The van der Waals surface area contributed by atoms with E-state index in [0.717, 1.165) is 43.0 Å². The van der Waals surface area contributed by atoms with Crippen molar-refractivity contribution < 1.29 is 5.11 Å². The molecular weight excluding hydrogens is 264 g/mol. The molecular formula is C16H20N4O. The molecule has 110 valence electrons. The lowest BCUT2D eigenvalue weighted by atomic mass is 10.1. The quantitative estimate of drug-likeness (QED) is 0.902. The molecule has 2 aromatic rings. The Balaban J connectivity index is 1.75. The minimum absolute atomic E-state index is 0.185. The Bertz CT molecular complexity index is 602. The van der Waals surface area contributed by atoms with Crippen molar-refractivity contribution in [3.05, 3.63) is 36.3 Å². The fourth-order valence-corrected chi connectivity index (χ4v) is 2.79. The normalized spacial score (nSPS) is 21.4. The van der Waals surface area contributed by atoms with Gasteiger partial charge in [-0.25, -0.2) is 9.97 Å². The predicted molar refractivity (Wildman–Crippen MR) is 81.8 cm³/mol. The van der Waals surface area contributed by atoms with Gasteiger partial charge in [0.15, 0.2) is 0 Å². The second kappa shape index (κ2) is 6.18. The summed E-state index contributed by atoms with van der Waals surface area (Å²) in [6, 6.07) is 7.68. The first-order chi connectivity index (χ1) is 10.2. The molecule has 2 atom stereocenters. The van der Waals surface area contributed by atoms with Crippen LogP contribution in [0.25, 0.3) is 11.4 Å². The van der Waals surface area contributed by atoms with Gasteiger partial charge in [-0.15, -0.1) is 0 Å². The van der Waals surface area contributed by atoms with Crippen molar-refractivity contribution >= 4 is 5.82 Å². The summed E-state index contributed by atoms with van der Waals surface area (Å²) >= 11 is 0. The monoisotopic (exact) mass is 284 g/mol. The van der Waals surface area contributed by atoms with E-state index >= 15 is 0 Å². The minimum atomic E-state index is -0.185. The topological polar surface area (TPSA) is 70.9 Å². The molecule has 21 heavy (non-hydrogen) atoms. The van der Waals surface area contributed by atoms with Crippen LogP contribution in [0.3, 0.4) is 0 Å². The Morgan fingerprint density at radius 1 is 1.24 bits per heavy atom. The molecule has 0 unspecified atom stereocenters. The molecule has 1 fully saturated rings. The highest BCUT2D eigenvalue weighted by atomic mass is 16.3. The molecule has 1 aliphatic rings. The number of rotatable bonds is 4. The molecule has 0 radical (unpaired) electrons. The highest BCUT2D eigenvalue weighted by molar-refractivity contribution is 5.58. The molecule has 0 spiro atoms. The fourth-order valence-electron chi connectivity index (χ4n) is 2.79. The smallest absolute Gasteiger partial charge is 0.130 e. The van der Waals surface area contributed by atoms with Gasteiger partial charge in [0.2, 0.25) is 0 Å². The summed E-state index contributed by atoms with van der Waals surface area (Å²) in [5, 5.41) is 13.2. The summed E-state index contributed by atoms with van der Waals surface area (Å²) in [7, 11) is 0. The summed E-state index contributed by atoms with van der Waals surface area (Å²) in [6.07, 6.45) is 4.67. The summed E-state index contributed by atoms with van der Waals surface area (Å²) < 4.78 is 0. The number of anilines is 1. The van der Waals surface area contributed by atoms with Crippen molar-refractivity contribution in [3.63, 3.8) is 0 Å². The average Bonchev–Trinajstić information content (AvgIpc) is 2.91. The largest absolute Gasteiger partial charge is 0.393 e. The Hall–Kier alpha value is -2.01. The minimum Gasteiger partial charge on any atom is -0.393 e. The van der Waals surface area contributed by atoms with E-state index in [-0.39, 0.29) is 6.10 Å². The zero-order valence-corrected chi connectivity index (χ0v) is 12.2. The summed E-state index contributed by atoms with van der Waals surface area (Å²) in [5.41, 5.74) is 1.66. The summed E-state index contributed by atoms with van der Waals surface area (Å²) in [5.74, 6) is 1.83. The van der Waals surface area contributed by atoms with Gasteiger partial charge in [0, 0.05) is 24.7 Å². The zero-order valence-electron chi connectivity index (χ0n) is 12.2. The molecule has 0 bridgehead atoms. The van der Waals surface area contributed by atoms with Gasteiger partial charge >= 0.3 is 0 Å². The number of aliphatic hydroxyl groups is 1. The van der Waals surface area contributed by atoms with Crippen LogP contribution in [-0.2, 0) is 0 Å². The second-order valence-electron chi connectivity index (χ2n) is 5.54. The van der Waals surface area contributed by atoms with Crippen molar-refractivity contribution in [2.24, 2.45) is 5.92 Å². The summed E-state index contributed by atoms with van der Waals surface area (Å²) in [4.78, 5) is 13.2. The number of nitrogens with one attached hydrogen (secondary N) is 1. The predicted octanol–water partition coefficient (Wildman–Crippen LogP) is 2.42. The van der Waals surface area contributed by atoms with Crippen LogP contribution >= 0.6 is 0 Å². The molecule has 0 saturated heterocycles. The lowest BCUT2D eigenvalue weighted by Crippen LogP contribution is -2.22. The van der Waals surface area contributed by atoms with Crippen LogP contribution in [0.15, 0.2) is 30.5 Å². The van der Waals surface area contributed by atoms with E-state index in [1.54, 1.807) is 6.20 Å². The van der Waals surface area contributed by atoms with Gasteiger partial charge in [-0.3, -0.25) is 4.98 Å². The van der Waals surface area contributed by atoms with Crippen LogP contribution in [0.1, 0.15) is 25.1 Å². The van der Waals surface area contributed by atoms with Crippen LogP contribution in [0.2, 0.25) is 0 Å². The van der Waals surface area contributed by atoms with Crippen molar-refractivity contribution in [3.8, 4) is 11.4 Å². The van der Waals surface area contributed by atoms with Gasteiger partial charge in [0.05, 0.1) is 17.5 Å². The first-order valence-electron chi connectivity index (χ1n) is 7.41. The third kappa shape index (κ3) is 3.36. The Morgan fingerprint density at radius 2 is 2.14 bits per heavy atom. The van der Waals surface area contributed by atoms with Gasteiger partial charge in [0.1, 0.15) is 11.6 Å². The lowest BCUT2D eigenvalue weighted by molar-refractivity contribution is 0.138. The molecule has 0 aromatic carbocycles. The van der Waals surface area contributed by atoms with E-state index in [0.29, 0.717) is 11.7 Å². The van der Waals surface area contributed by atoms with E-state index < -0.39 is 0 Å². The molecule has 0 aliphatic heterocycles. The molecule has 3 rings (SSSR count). The Morgan fingerprint density at radius 3 is 2.86 bits per heavy atom. The van der Waals surface area contributed by atoms with E-state index in [1.807, 2.05) is 31.2 Å². The number of hydrogen-bond acceptors (Lipinski definition) is 5. The van der Waals surface area contributed by atoms with Crippen molar-refractivity contribution in [1.29, 1.82) is 0 Å². The van der Waals surface area contributed by atoms with Gasteiger partial charge < -0.3 is 10.4 Å². The SMILES string of the molecule is Cc1nc(NC[C@@H]2CCC[C@@H]2O)cc(-c2ccccn2)n1. The molecule has 2 aromatic heterocycles. The fraction of sp³-hybridized carbons (Fsp3) is 0.438. The third-order valence-electron chi connectivity index (χ3n) is 3.93. The van der Waals surface area contributed by atoms with Crippen LogP contribution < -0.4 is 5.32 Å². The van der Waals surface area contributed by atoms with Crippen LogP contribution in [0, 0.1) is 12.8 Å².